The van der Waals surface area contributed by atoms with Gasteiger partial charge in [0, 0.05) is 24.0 Å². The van der Waals surface area contributed by atoms with Crippen LogP contribution in [0.2, 0.25) is 0 Å². The lowest BCUT2D eigenvalue weighted by atomic mass is 10.1. The number of rotatable bonds is 5. The monoisotopic (exact) mass is 440 g/mol. The highest BCUT2D eigenvalue weighted by Gasteiger charge is 2.38. The second-order valence-corrected chi connectivity index (χ2v) is 7.31. The number of carboxylic acid groups (broad SMARTS) is 1. The van der Waals surface area contributed by atoms with Gasteiger partial charge < -0.3 is 19.7 Å². The molecule has 0 atom stereocenters. The Hall–Kier alpha value is -3.27. The quantitative estimate of drug-likeness (QED) is 0.618. The zero-order chi connectivity index (χ0) is 23.2. The van der Waals surface area contributed by atoms with Crippen molar-refractivity contribution in [3.05, 3.63) is 48.8 Å². The molecule has 10 heteroatoms. The third-order valence-electron chi connectivity index (χ3n) is 3.67. The Morgan fingerprint density at radius 2 is 1.84 bits per heavy atom. The molecule has 0 saturated carbocycles. The van der Waals surface area contributed by atoms with E-state index in [0.717, 1.165) is 22.7 Å². The van der Waals surface area contributed by atoms with Crippen LogP contribution in [0, 0.1) is 0 Å². The van der Waals surface area contributed by atoms with Gasteiger partial charge in [0.05, 0.1) is 12.3 Å². The predicted octanol–water partition coefficient (Wildman–Crippen LogP) is 4.18. The molecule has 0 fully saturated rings. The standard InChI is InChI=1S/C19H22N2O3.C2HF3O2/c1-19(2,3)24-14-7-8-15(17(13-14)23-12-11-22)16-5-4-6-18-20-9-10-21(16)18;3-2(4,5)1(6)7/h4-10,13,22H,11-12H2,1-3H3;(H,6,7). The van der Waals surface area contributed by atoms with Gasteiger partial charge in [0.1, 0.15) is 29.4 Å². The lowest BCUT2D eigenvalue weighted by Gasteiger charge is -2.22. The van der Waals surface area contributed by atoms with E-state index in [-0.39, 0.29) is 18.8 Å². The van der Waals surface area contributed by atoms with Crippen molar-refractivity contribution in [2.45, 2.75) is 32.5 Å². The Balaban J connectivity index is 0.000000423. The number of halogens is 3. The molecule has 0 amide bonds. The van der Waals surface area contributed by atoms with Gasteiger partial charge in [0.2, 0.25) is 0 Å². The van der Waals surface area contributed by atoms with E-state index in [2.05, 4.69) is 4.98 Å². The number of hydrogen-bond acceptors (Lipinski definition) is 5. The van der Waals surface area contributed by atoms with Gasteiger partial charge in [-0.25, -0.2) is 9.78 Å². The second kappa shape index (κ2) is 9.69. The van der Waals surface area contributed by atoms with Crippen LogP contribution in [0.5, 0.6) is 11.5 Å². The molecule has 0 aliphatic heterocycles. The van der Waals surface area contributed by atoms with E-state index in [1.807, 2.05) is 67.8 Å². The largest absolute Gasteiger partial charge is 0.490 e. The van der Waals surface area contributed by atoms with Gasteiger partial charge in [-0.05, 0) is 45.0 Å². The molecule has 0 spiro atoms. The van der Waals surface area contributed by atoms with E-state index in [1.54, 1.807) is 6.20 Å². The summed E-state index contributed by atoms with van der Waals surface area (Å²) in [6.07, 6.45) is -1.40. The number of aliphatic hydroxyl groups is 1. The second-order valence-electron chi connectivity index (χ2n) is 7.31. The minimum Gasteiger partial charge on any atom is -0.490 e. The number of aromatic nitrogens is 2. The molecule has 3 rings (SSSR count). The molecular weight excluding hydrogens is 417 g/mol. The normalized spacial score (nSPS) is 11.6. The first-order valence-corrected chi connectivity index (χ1v) is 9.21. The maximum atomic E-state index is 10.6. The molecule has 3 aromatic rings. The maximum absolute atomic E-state index is 10.6. The van der Waals surface area contributed by atoms with Gasteiger partial charge in [-0.15, -0.1) is 0 Å². The summed E-state index contributed by atoms with van der Waals surface area (Å²) < 4.78 is 45.4. The van der Waals surface area contributed by atoms with E-state index in [9.17, 15) is 13.2 Å². The predicted molar refractivity (Wildman–Crippen MR) is 107 cm³/mol. The van der Waals surface area contributed by atoms with Crippen molar-refractivity contribution in [1.82, 2.24) is 9.38 Å². The van der Waals surface area contributed by atoms with Crippen molar-refractivity contribution in [3.63, 3.8) is 0 Å². The Morgan fingerprint density at radius 1 is 1.16 bits per heavy atom. The molecule has 2 aromatic heterocycles. The van der Waals surface area contributed by atoms with Crippen LogP contribution in [-0.4, -0.2) is 50.6 Å². The summed E-state index contributed by atoms with van der Waals surface area (Å²) >= 11 is 0. The average molecular weight is 440 g/mol. The fraction of sp³-hybridized carbons (Fsp3) is 0.333. The molecular formula is C21H23F3N2O5. The molecule has 0 aliphatic rings. The third kappa shape index (κ3) is 6.88. The van der Waals surface area contributed by atoms with Crippen LogP contribution >= 0.6 is 0 Å². The fourth-order valence-corrected chi connectivity index (χ4v) is 2.57. The number of nitrogens with zero attached hydrogens (tertiary/aromatic N) is 2. The number of pyridine rings is 1. The first-order valence-electron chi connectivity index (χ1n) is 9.21. The number of fused-ring (bicyclic) bond motifs is 1. The number of benzene rings is 1. The third-order valence-corrected chi connectivity index (χ3v) is 3.67. The maximum Gasteiger partial charge on any atom is 0.490 e. The first kappa shape index (κ1) is 24.0. The van der Waals surface area contributed by atoms with E-state index in [1.165, 1.54) is 0 Å². The van der Waals surface area contributed by atoms with Crippen molar-refractivity contribution in [3.8, 4) is 22.8 Å². The Bertz CT molecular complexity index is 1030. The van der Waals surface area contributed by atoms with Crippen molar-refractivity contribution >= 4 is 11.6 Å². The summed E-state index contributed by atoms with van der Waals surface area (Å²) in [5.74, 6) is -1.35. The number of alkyl halides is 3. The molecule has 1 aromatic carbocycles. The van der Waals surface area contributed by atoms with E-state index in [4.69, 9.17) is 24.5 Å². The highest BCUT2D eigenvalue weighted by Crippen LogP contribution is 2.34. The summed E-state index contributed by atoms with van der Waals surface area (Å²) in [5.41, 5.74) is 2.48. The van der Waals surface area contributed by atoms with Crippen LogP contribution in [0.3, 0.4) is 0 Å². The number of aliphatic carboxylic acids is 1. The molecule has 31 heavy (non-hydrogen) atoms. The Morgan fingerprint density at radius 3 is 2.42 bits per heavy atom. The lowest BCUT2D eigenvalue weighted by molar-refractivity contribution is -0.192. The lowest BCUT2D eigenvalue weighted by Crippen LogP contribution is -2.22. The van der Waals surface area contributed by atoms with Crippen LogP contribution < -0.4 is 9.47 Å². The fourth-order valence-electron chi connectivity index (χ4n) is 2.57. The molecule has 168 valence electrons. The zero-order valence-electron chi connectivity index (χ0n) is 17.2. The Labute approximate surface area is 176 Å². The van der Waals surface area contributed by atoms with Gasteiger partial charge >= 0.3 is 12.1 Å². The van der Waals surface area contributed by atoms with E-state index >= 15 is 0 Å². The number of aliphatic hydroxyl groups excluding tert-OH is 1. The molecule has 0 unspecified atom stereocenters. The summed E-state index contributed by atoms with van der Waals surface area (Å²) in [6.45, 7) is 6.19. The zero-order valence-corrected chi connectivity index (χ0v) is 17.2. The summed E-state index contributed by atoms with van der Waals surface area (Å²) in [6, 6.07) is 11.7. The highest BCUT2D eigenvalue weighted by atomic mass is 19.4. The minimum atomic E-state index is -5.08. The van der Waals surface area contributed by atoms with Gasteiger partial charge in [0.25, 0.3) is 0 Å². The van der Waals surface area contributed by atoms with Crippen molar-refractivity contribution in [1.29, 1.82) is 0 Å². The molecule has 0 radical (unpaired) electrons. The SMILES string of the molecule is CC(C)(C)Oc1ccc(-c2cccc3nccn23)c(OCCO)c1.O=C(O)C(F)(F)F. The summed E-state index contributed by atoms with van der Waals surface area (Å²) in [7, 11) is 0. The van der Waals surface area contributed by atoms with Gasteiger partial charge in [-0.1, -0.05) is 6.07 Å². The number of carboxylic acids is 1. The van der Waals surface area contributed by atoms with Crippen LogP contribution in [-0.2, 0) is 4.79 Å². The minimum absolute atomic E-state index is 0.0426. The van der Waals surface area contributed by atoms with Crippen LogP contribution in [0.15, 0.2) is 48.8 Å². The van der Waals surface area contributed by atoms with Gasteiger partial charge in [-0.3, -0.25) is 4.40 Å². The smallest absolute Gasteiger partial charge is 0.490 e. The van der Waals surface area contributed by atoms with E-state index < -0.39 is 12.1 Å². The van der Waals surface area contributed by atoms with Crippen LogP contribution in [0.1, 0.15) is 20.8 Å². The average Bonchev–Trinajstić information content (AvgIpc) is 3.14. The molecule has 0 bridgehead atoms. The highest BCUT2D eigenvalue weighted by molar-refractivity contribution is 5.73. The molecule has 7 nitrogen and oxygen atoms in total. The topological polar surface area (TPSA) is 93.3 Å². The van der Waals surface area contributed by atoms with Crippen molar-refractivity contribution in [2.24, 2.45) is 0 Å². The van der Waals surface area contributed by atoms with E-state index in [0.29, 0.717) is 5.75 Å². The van der Waals surface area contributed by atoms with Crippen molar-refractivity contribution < 1.29 is 37.7 Å². The van der Waals surface area contributed by atoms with Crippen molar-refractivity contribution in [2.75, 3.05) is 13.2 Å². The summed E-state index contributed by atoms with van der Waals surface area (Å²) in [4.78, 5) is 13.2. The number of hydrogen-bond donors (Lipinski definition) is 2. The number of carbonyl (C=O) groups is 1. The number of ether oxygens (including phenoxy) is 2. The van der Waals surface area contributed by atoms with Gasteiger partial charge in [0.15, 0.2) is 0 Å². The molecule has 2 heterocycles. The van der Waals surface area contributed by atoms with Crippen LogP contribution in [0.4, 0.5) is 13.2 Å². The van der Waals surface area contributed by atoms with Crippen LogP contribution in [0.25, 0.3) is 16.9 Å². The van der Waals surface area contributed by atoms with Gasteiger partial charge in [-0.2, -0.15) is 13.2 Å². The number of imidazole rings is 1. The molecule has 0 aliphatic carbocycles. The summed E-state index contributed by atoms with van der Waals surface area (Å²) in [5, 5.41) is 16.2. The first-order chi connectivity index (χ1) is 14.4. The Kier molecular flexibility index (Phi) is 7.50. The molecule has 0 saturated heterocycles. The molecule has 2 N–H and O–H groups in total.